The van der Waals surface area contributed by atoms with E-state index in [1.807, 2.05) is 11.6 Å². The molecule has 1 rings (SSSR count). The predicted octanol–water partition coefficient (Wildman–Crippen LogP) is 1.85. The Morgan fingerprint density at radius 2 is 2.33 bits per heavy atom. The summed E-state index contributed by atoms with van der Waals surface area (Å²) in [6.45, 7) is 4.99. The van der Waals surface area contributed by atoms with Crippen LogP contribution in [-0.2, 0) is 17.8 Å². The van der Waals surface area contributed by atoms with Crippen molar-refractivity contribution in [2.45, 2.75) is 46.1 Å². The van der Waals surface area contributed by atoms with Gasteiger partial charge in [0.15, 0.2) is 0 Å². The van der Waals surface area contributed by atoms with Gasteiger partial charge in [0.1, 0.15) is 18.4 Å². The molecule has 0 aromatic carbocycles. The lowest BCUT2D eigenvalue weighted by molar-refractivity contribution is -0.111. The third kappa shape index (κ3) is 3.46. The van der Waals surface area contributed by atoms with Gasteiger partial charge in [0.05, 0.1) is 0 Å². The Balaban J connectivity index is 2.34. The second-order valence-corrected chi connectivity index (χ2v) is 3.70. The van der Waals surface area contributed by atoms with E-state index in [1.54, 1.807) is 6.33 Å². The minimum Gasteiger partial charge on any atom is -0.303 e. The third-order valence-electron chi connectivity index (χ3n) is 2.67. The number of aryl methyl sites for hydroxylation is 2. The third-order valence-corrected chi connectivity index (χ3v) is 2.67. The average Bonchev–Trinajstić information content (AvgIpc) is 2.72. The van der Waals surface area contributed by atoms with E-state index < -0.39 is 0 Å². The normalized spacial score (nSPS) is 12.7. The Bertz CT molecular complexity index is 296. The molecule has 0 N–H and O–H groups in total. The Kier molecular flexibility index (Phi) is 5.01. The quantitative estimate of drug-likeness (QED) is 0.644. The Hall–Kier alpha value is -1.19. The van der Waals surface area contributed by atoms with Crippen molar-refractivity contribution < 1.29 is 4.79 Å². The lowest BCUT2D eigenvalue weighted by Gasteiger charge is -2.07. The number of carbonyl (C=O) groups is 1. The minimum atomic E-state index is 0.207. The van der Waals surface area contributed by atoms with E-state index in [0.717, 1.165) is 44.3 Å². The van der Waals surface area contributed by atoms with Crippen LogP contribution in [0.5, 0.6) is 0 Å². The zero-order valence-electron chi connectivity index (χ0n) is 9.52. The fraction of sp³-hybridized carbons (Fsp3) is 0.727. The molecule has 1 atom stereocenters. The summed E-state index contributed by atoms with van der Waals surface area (Å²) in [5.74, 6) is 1.23. The van der Waals surface area contributed by atoms with Crippen molar-refractivity contribution in [3.63, 3.8) is 0 Å². The highest BCUT2D eigenvalue weighted by atomic mass is 16.1. The van der Waals surface area contributed by atoms with Crippen LogP contribution in [0.25, 0.3) is 0 Å². The molecule has 0 aliphatic carbocycles. The van der Waals surface area contributed by atoms with Crippen LogP contribution in [0.1, 0.15) is 38.9 Å². The van der Waals surface area contributed by atoms with Crippen LogP contribution in [0.4, 0.5) is 0 Å². The van der Waals surface area contributed by atoms with Gasteiger partial charge in [-0.05, 0) is 19.3 Å². The zero-order chi connectivity index (χ0) is 11.1. The van der Waals surface area contributed by atoms with Gasteiger partial charge in [-0.3, -0.25) is 4.68 Å². The molecule has 1 aromatic rings. The number of nitrogens with zero attached hydrogens (tertiary/aromatic N) is 3. The van der Waals surface area contributed by atoms with E-state index in [0.29, 0.717) is 0 Å². The van der Waals surface area contributed by atoms with Gasteiger partial charge in [-0.15, -0.1) is 0 Å². The van der Waals surface area contributed by atoms with Gasteiger partial charge < -0.3 is 4.79 Å². The van der Waals surface area contributed by atoms with Crippen molar-refractivity contribution in [3.05, 3.63) is 12.2 Å². The molecular formula is C11H19N3O. The fourth-order valence-electron chi connectivity index (χ4n) is 1.62. The van der Waals surface area contributed by atoms with Crippen LogP contribution in [0.3, 0.4) is 0 Å². The number of hydrogen-bond donors (Lipinski definition) is 0. The van der Waals surface area contributed by atoms with Gasteiger partial charge >= 0.3 is 0 Å². The second-order valence-electron chi connectivity index (χ2n) is 3.70. The summed E-state index contributed by atoms with van der Waals surface area (Å²) in [6.07, 6.45) is 6.43. The Morgan fingerprint density at radius 1 is 1.53 bits per heavy atom. The molecule has 1 unspecified atom stereocenters. The van der Waals surface area contributed by atoms with Crippen molar-refractivity contribution in [1.82, 2.24) is 14.8 Å². The molecule has 4 heteroatoms. The number of aldehydes is 1. The van der Waals surface area contributed by atoms with Gasteiger partial charge in [0, 0.05) is 18.9 Å². The predicted molar refractivity (Wildman–Crippen MR) is 58.5 cm³/mol. The van der Waals surface area contributed by atoms with Crippen molar-refractivity contribution in [2.75, 3.05) is 0 Å². The van der Waals surface area contributed by atoms with Crippen LogP contribution in [0, 0.1) is 5.92 Å². The number of rotatable bonds is 7. The molecule has 0 saturated heterocycles. The van der Waals surface area contributed by atoms with E-state index in [1.165, 1.54) is 0 Å². The standard InChI is InChI=1S/C11H19N3O/c1-3-10(8-15)6-5-7-14-11(4-2)12-9-13-14/h8-10H,3-7H2,1-2H3. The van der Waals surface area contributed by atoms with Crippen molar-refractivity contribution in [1.29, 1.82) is 0 Å². The molecule has 0 radical (unpaired) electrons. The second kappa shape index (κ2) is 6.32. The summed E-state index contributed by atoms with van der Waals surface area (Å²) >= 11 is 0. The van der Waals surface area contributed by atoms with Crippen LogP contribution >= 0.6 is 0 Å². The number of aromatic nitrogens is 3. The largest absolute Gasteiger partial charge is 0.303 e. The Morgan fingerprint density at radius 3 is 2.93 bits per heavy atom. The number of carbonyl (C=O) groups excluding carboxylic acids is 1. The summed E-state index contributed by atoms with van der Waals surface area (Å²) in [7, 11) is 0. The monoisotopic (exact) mass is 209 g/mol. The molecule has 84 valence electrons. The SMILES string of the molecule is CCc1ncnn1CCCC(C=O)CC. The van der Waals surface area contributed by atoms with E-state index in [2.05, 4.69) is 17.0 Å². The first-order valence-electron chi connectivity index (χ1n) is 5.63. The molecule has 1 aromatic heterocycles. The molecule has 0 aliphatic rings. The molecule has 0 bridgehead atoms. The first-order valence-corrected chi connectivity index (χ1v) is 5.63. The van der Waals surface area contributed by atoms with Gasteiger partial charge in [0.25, 0.3) is 0 Å². The van der Waals surface area contributed by atoms with E-state index >= 15 is 0 Å². The lowest BCUT2D eigenvalue weighted by atomic mass is 10.0. The average molecular weight is 209 g/mol. The topological polar surface area (TPSA) is 47.8 Å². The zero-order valence-corrected chi connectivity index (χ0v) is 9.52. The van der Waals surface area contributed by atoms with Crippen LogP contribution in [-0.4, -0.2) is 21.1 Å². The summed E-state index contributed by atoms with van der Waals surface area (Å²) in [4.78, 5) is 14.8. The highest BCUT2D eigenvalue weighted by Crippen LogP contribution is 2.09. The fourth-order valence-corrected chi connectivity index (χ4v) is 1.62. The van der Waals surface area contributed by atoms with Crippen LogP contribution in [0.2, 0.25) is 0 Å². The summed E-state index contributed by atoms with van der Waals surface area (Å²) in [5, 5.41) is 4.15. The highest BCUT2D eigenvalue weighted by molar-refractivity contribution is 5.53. The smallest absolute Gasteiger partial charge is 0.138 e. The van der Waals surface area contributed by atoms with Gasteiger partial charge in [0.2, 0.25) is 0 Å². The molecule has 0 fully saturated rings. The maximum absolute atomic E-state index is 10.6. The summed E-state index contributed by atoms with van der Waals surface area (Å²) in [6, 6.07) is 0. The van der Waals surface area contributed by atoms with Crippen LogP contribution in [0.15, 0.2) is 6.33 Å². The maximum atomic E-state index is 10.6. The highest BCUT2D eigenvalue weighted by Gasteiger charge is 2.05. The van der Waals surface area contributed by atoms with Crippen molar-refractivity contribution in [3.8, 4) is 0 Å². The maximum Gasteiger partial charge on any atom is 0.138 e. The van der Waals surface area contributed by atoms with Crippen LogP contribution < -0.4 is 0 Å². The van der Waals surface area contributed by atoms with Gasteiger partial charge in [-0.25, -0.2) is 4.98 Å². The lowest BCUT2D eigenvalue weighted by Crippen LogP contribution is -2.08. The van der Waals surface area contributed by atoms with Crippen molar-refractivity contribution >= 4 is 6.29 Å². The molecule has 0 amide bonds. The Labute approximate surface area is 90.7 Å². The van der Waals surface area contributed by atoms with E-state index in [4.69, 9.17) is 0 Å². The van der Waals surface area contributed by atoms with Gasteiger partial charge in [-0.2, -0.15) is 5.10 Å². The molecule has 15 heavy (non-hydrogen) atoms. The molecular weight excluding hydrogens is 190 g/mol. The van der Waals surface area contributed by atoms with Gasteiger partial charge in [-0.1, -0.05) is 13.8 Å². The summed E-state index contributed by atoms with van der Waals surface area (Å²) in [5.41, 5.74) is 0. The molecule has 0 aliphatic heterocycles. The molecule has 1 heterocycles. The molecule has 0 spiro atoms. The first-order chi connectivity index (χ1) is 7.31. The van der Waals surface area contributed by atoms with E-state index in [9.17, 15) is 4.79 Å². The van der Waals surface area contributed by atoms with Crippen molar-refractivity contribution in [2.24, 2.45) is 5.92 Å². The van der Waals surface area contributed by atoms with E-state index in [-0.39, 0.29) is 5.92 Å². The summed E-state index contributed by atoms with van der Waals surface area (Å²) < 4.78 is 1.93. The molecule has 0 saturated carbocycles. The molecule has 4 nitrogen and oxygen atoms in total. The minimum absolute atomic E-state index is 0.207. The number of hydrogen-bond acceptors (Lipinski definition) is 3. The first kappa shape index (κ1) is 11.9.